The summed E-state index contributed by atoms with van der Waals surface area (Å²) < 4.78 is 0. The monoisotopic (exact) mass is 280 g/mol. The Morgan fingerprint density at radius 3 is 2.86 bits per heavy atom. The molecule has 0 radical (unpaired) electrons. The van der Waals surface area contributed by atoms with Gasteiger partial charge in [-0.3, -0.25) is 4.79 Å². The lowest BCUT2D eigenvalue weighted by Gasteiger charge is -2.10. The SMILES string of the molecule is Cc1ccc(CO)cc1NC(=O)c1ccc2[nH]ccc2c1. The van der Waals surface area contributed by atoms with E-state index in [2.05, 4.69) is 10.3 Å². The number of carbonyl (C=O) groups is 1. The summed E-state index contributed by atoms with van der Waals surface area (Å²) in [5.41, 5.74) is 4.07. The van der Waals surface area contributed by atoms with E-state index in [0.29, 0.717) is 5.56 Å². The lowest BCUT2D eigenvalue weighted by molar-refractivity contribution is 0.102. The normalized spacial score (nSPS) is 10.8. The second kappa shape index (κ2) is 5.42. The molecular weight excluding hydrogens is 264 g/mol. The molecule has 1 amide bonds. The predicted molar refractivity (Wildman–Crippen MR) is 83.4 cm³/mol. The number of aryl methyl sites for hydroxylation is 1. The van der Waals surface area contributed by atoms with E-state index in [0.717, 1.165) is 27.7 Å². The Morgan fingerprint density at radius 1 is 1.19 bits per heavy atom. The van der Waals surface area contributed by atoms with E-state index in [1.807, 2.05) is 43.5 Å². The zero-order valence-corrected chi connectivity index (χ0v) is 11.7. The van der Waals surface area contributed by atoms with Crippen molar-refractivity contribution in [3.05, 3.63) is 65.4 Å². The van der Waals surface area contributed by atoms with Crippen LogP contribution in [0.25, 0.3) is 10.9 Å². The molecule has 0 aliphatic carbocycles. The molecule has 3 rings (SSSR count). The maximum atomic E-state index is 12.3. The molecule has 0 atom stereocenters. The van der Waals surface area contributed by atoms with E-state index in [1.54, 1.807) is 12.1 Å². The summed E-state index contributed by atoms with van der Waals surface area (Å²) in [5.74, 6) is -0.156. The zero-order chi connectivity index (χ0) is 14.8. The minimum absolute atomic E-state index is 0.0432. The van der Waals surface area contributed by atoms with Gasteiger partial charge in [0.2, 0.25) is 0 Å². The van der Waals surface area contributed by atoms with Gasteiger partial charge in [0.25, 0.3) is 5.91 Å². The first kappa shape index (κ1) is 13.4. The van der Waals surface area contributed by atoms with Gasteiger partial charge in [0.1, 0.15) is 0 Å². The van der Waals surface area contributed by atoms with E-state index in [-0.39, 0.29) is 12.5 Å². The maximum absolute atomic E-state index is 12.3. The first-order chi connectivity index (χ1) is 10.2. The van der Waals surface area contributed by atoms with Gasteiger partial charge in [-0.15, -0.1) is 0 Å². The van der Waals surface area contributed by atoms with Crippen molar-refractivity contribution in [2.75, 3.05) is 5.32 Å². The molecule has 1 heterocycles. The van der Waals surface area contributed by atoms with E-state index in [4.69, 9.17) is 0 Å². The fraction of sp³-hybridized carbons (Fsp3) is 0.118. The van der Waals surface area contributed by atoms with Crippen molar-refractivity contribution in [3.63, 3.8) is 0 Å². The topological polar surface area (TPSA) is 65.1 Å². The van der Waals surface area contributed by atoms with Crippen molar-refractivity contribution in [2.45, 2.75) is 13.5 Å². The maximum Gasteiger partial charge on any atom is 0.255 e. The number of H-pyrrole nitrogens is 1. The van der Waals surface area contributed by atoms with Crippen LogP contribution in [0.4, 0.5) is 5.69 Å². The number of amides is 1. The molecule has 2 aromatic carbocycles. The number of aromatic amines is 1. The number of aliphatic hydroxyl groups excluding tert-OH is 1. The van der Waals surface area contributed by atoms with Crippen molar-refractivity contribution in [2.24, 2.45) is 0 Å². The summed E-state index contributed by atoms with van der Waals surface area (Å²) in [4.78, 5) is 15.4. The average Bonchev–Trinajstić information content (AvgIpc) is 2.96. The Morgan fingerprint density at radius 2 is 2.05 bits per heavy atom. The van der Waals surface area contributed by atoms with E-state index in [9.17, 15) is 9.90 Å². The van der Waals surface area contributed by atoms with Gasteiger partial charge in [0.05, 0.1) is 6.61 Å². The van der Waals surface area contributed by atoms with Gasteiger partial charge in [0.15, 0.2) is 0 Å². The zero-order valence-electron chi connectivity index (χ0n) is 11.7. The standard InChI is InChI=1S/C17H16N2O2/c1-11-2-3-12(10-20)8-16(11)19-17(21)14-4-5-15-13(9-14)6-7-18-15/h2-9,18,20H,10H2,1H3,(H,19,21). The van der Waals surface area contributed by atoms with Gasteiger partial charge in [-0.1, -0.05) is 12.1 Å². The van der Waals surface area contributed by atoms with Crippen molar-refractivity contribution in [1.82, 2.24) is 4.98 Å². The van der Waals surface area contributed by atoms with Crippen LogP contribution in [0.5, 0.6) is 0 Å². The Kier molecular flexibility index (Phi) is 3.46. The Hall–Kier alpha value is -2.59. The lowest BCUT2D eigenvalue weighted by Crippen LogP contribution is -2.13. The van der Waals surface area contributed by atoms with Gasteiger partial charge in [-0.2, -0.15) is 0 Å². The second-order valence-corrected chi connectivity index (χ2v) is 5.04. The summed E-state index contributed by atoms with van der Waals surface area (Å²) in [6.45, 7) is 1.88. The fourth-order valence-corrected chi connectivity index (χ4v) is 2.29. The van der Waals surface area contributed by atoms with Gasteiger partial charge < -0.3 is 15.4 Å². The molecule has 4 heteroatoms. The average molecular weight is 280 g/mol. The minimum atomic E-state index is -0.156. The molecule has 106 valence electrons. The van der Waals surface area contributed by atoms with Gasteiger partial charge in [-0.25, -0.2) is 0 Å². The smallest absolute Gasteiger partial charge is 0.255 e. The third-order valence-electron chi connectivity index (χ3n) is 3.55. The van der Waals surface area contributed by atoms with Gasteiger partial charge in [0, 0.05) is 28.4 Å². The first-order valence-corrected chi connectivity index (χ1v) is 6.76. The lowest BCUT2D eigenvalue weighted by atomic mass is 10.1. The molecule has 3 aromatic rings. The number of benzene rings is 2. The molecule has 0 unspecified atom stereocenters. The molecule has 0 bridgehead atoms. The molecule has 4 nitrogen and oxygen atoms in total. The highest BCUT2D eigenvalue weighted by Gasteiger charge is 2.09. The van der Waals surface area contributed by atoms with Crippen molar-refractivity contribution < 1.29 is 9.90 Å². The number of rotatable bonds is 3. The fourth-order valence-electron chi connectivity index (χ4n) is 2.29. The summed E-state index contributed by atoms with van der Waals surface area (Å²) in [6.07, 6.45) is 1.85. The molecule has 0 fully saturated rings. The van der Waals surface area contributed by atoms with Crippen LogP contribution in [0, 0.1) is 6.92 Å². The highest BCUT2D eigenvalue weighted by atomic mass is 16.3. The van der Waals surface area contributed by atoms with Crippen LogP contribution in [0.1, 0.15) is 21.5 Å². The first-order valence-electron chi connectivity index (χ1n) is 6.76. The van der Waals surface area contributed by atoms with E-state index in [1.165, 1.54) is 0 Å². The second-order valence-electron chi connectivity index (χ2n) is 5.04. The third kappa shape index (κ3) is 2.66. The number of nitrogens with one attached hydrogen (secondary N) is 2. The van der Waals surface area contributed by atoms with Crippen LogP contribution in [-0.4, -0.2) is 16.0 Å². The largest absolute Gasteiger partial charge is 0.392 e. The van der Waals surface area contributed by atoms with Crippen LogP contribution < -0.4 is 5.32 Å². The van der Waals surface area contributed by atoms with Crippen LogP contribution >= 0.6 is 0 Å². The van der Waals surface area contributed by atoms with Crippen LogP contribution in [0.15, 0.2) is 48.7 Å². The number of hydrogen-bond acceptors (Lipinski definition) is 2. The summed E-state index contributed by atoms with van der Waals surface area (Å²) in [7, 11) is 0. The molecule has 0 aliphatic heterocycles. The number of hydrogen-bond donors (Lipinski definition) is 3. The summed E-state index contributed by atoms with van der Waals surface area (Å²) in [5, 5.41) is 13.1. The Labute approximate surface area is 122 Å². The molecule has 0 spiro atoms. The Balaban J connectivity index is 1.88. The number of aliphatic hydroxyl groups is 1. The third-order valence-corrected chi connectivity index (χ3v) is 3.55. The van der Waals surface area contributed by atoms with E-state index < -0.39 is 0 Å². The predicted octanol–water partition coefficient (Wildman–Crippen LogP) is 3.22. The number of aromatic nitrogens is 1. The highest BCUT2D eigenvalue weighted by Crippen LogP contribution is 2.19. The molecule has 1 aromatic heterocycles. The van der Waals surface area contributed by atoms with Gasteiger partial charge in [-0.05, 0) is 48.4 Å². The Bertz CT molecular complexity index is 805. The van der Waals surface area contributed by atoms with Crippen LogP contribution in [-0.2, 0) is 6.61 Å². The number of carbonyl (C=O) groups excluding carboxylic acids is 1. The van der Waals surface area contributed by atoms with Gasteiger partial charge >= 0.3 is 0 Å². The number of anilines is 1. The minimum Gasteiger partial charge on any atom is -0.392 e. The number of fused-ring (bicyclic) bond motifs is 1. The summed E-state index contributed by atoms with van der Waals surface area (Å²) in [6, 6.07) is 13.0. The quantitative estimate of drug-likeness (QED) is 0.689. The molecule has 21 heavy (non-hydrogen) atoms. The van der Waals surface area contributed by atoms with Crippen LogP contribution in [0.3, 0.4) is 0 Å². The summed E-state index contributed by atoms with van der Waals surface area (Å²) >= 11 is 0. The molecular formula is C17H16N2O2. The van der Waals surface area contributed by atoms with Crippen LogP contribution in [0.2, 0.25) is 0 Å². The molecule has 0 saturated heterocycles. The van der Waals surface area contributed by atoms with Crippen molar-refractivity contribution in [3.8, 4) is 0 Å². The van der Waals surface area contributed by atoms with Crippen molar-refractivity contribution >= 4 is 22.5 Å². The molecule has 0 saturated carbocycles. The van der Waals surface area contributed by atoms with E-state index >= 15 is 0 Å². The van der Waals surface area contributed by atoms with Crippen molar-refractivity contribution in [1.29, 1.82) is 0 Å². The highest BCUT2D eigenvalue weighted by molar-refractivity contribution is 6.06. The molecule has 3 N–H and O–H groups in total. The molecule has 0 aliphatic rings.